The van der Waals surface area contributed by atoms with Crippen molar-refractivity contribution in [2.75, 3.05) is 24.2 Å². The Bertz CT molecular complexity index is 1360. The maximum Gasteiger partial charge on any atom is 0.244 e. The third kappa shape index (κ3) is 7.28. The zero-order chi connectivity index (χ0) is 27.9. The van der Waals surface area contributed by atoms with Crippen LogP contribution in [0.15, 0.2) is 72.8 Å². The molecule has 0 bridgehead atoms. The summed E-state index contributed by atoms with van der Waals surface area (Å²) in [5.74, 6) is -0.966. The highest BCUT2D eigenvalue weighted by Crippen LogP contribution is 2.28. The number of anilines is 1. The van der Waals surface area contributed by atoms with Crippen LogP contribution in [0.25, 0.3) is 0 Å². The fraction of sp³-hybridized carbons (Fsp3) is 0.286. The Morgan fingerprint density at radius 2 is 1.53 bits per heavy atom. The average Bonchev–Trinajstić information content (AvgIpc) is 2.90. The number of rotatable bonds is 11. The zero-order valence-corrected chi connectivity index (χ0v) is 23.9. The first-order valence-corrected chi connectivity index (χ1v) is 14.7. The van der Waals surface area contributed by atoms with Crippen LogP contribution in [0.4, 0.5) is 5.69 Å². The molecule has 0 aromatic heterocycles. The predicted molar refractivity (Wildman–Crippen MR) is 153 cm³/mol. The van der Waals surface area contributed by atoms with Gasteiger partial charge in [0, 0.05) is 35.6 Å². The first-order valence-electron chi connectivity index (χ1n) is 12.1. The first-order chi connectivity index (χ1) is 18.1. The molecular formula is C28H31Cl2N3O4S. The molecule has 2 amide bonds. The summed E-state index contributed by atoms with van der Waals surface area (Å²) in [5, 5.41) is 3.31. The van der Waals surface area contributed by atoms with E-state index in [1.54, 1.807) is 30.3 Å². The molecule has 202 valence electrons. The Morgan fingerprint density at radius 3 is 2.11 bits per heavy atom. The smallest absolute Gasteiger partial charge is 0.244 e. The number of hydrogen-bond donors (Lipinski definition) is 1. The summed E-state index contributed by atoms with van der Waals surface area (Å²) in [6.45, 7) is 1.32. The highest BCUT2D eigenvalue weighted by Gasteiger charge is 2.33. The van der Waals surface area contributed by atoms with E-state index in [0.29, 0.717) is 27.7 Å². The van der Waals surface area contributed by atoms with Crippen LogP contribution in [0.5, 0.6) is 0 Å². The van der Waals surface area contributed by atoms with Crippen LogP contribution in [-0.4, -0.2) is 51.0 Å². The Balaban J connectivity index is 2.09. The van der Waals surface area contributed by atoms with Gasteiger partial charge in [-0.25, -0.2) is 8.42 Å². The number of amides is 2. The number of para-hydroxylation sites is 1. The molecule has 0 fully saturated rings. The molecule has 3 rings (SSSR count). The van der Waals surface area contributed by atoms with Gasteiger partial charge in [0.2, 0.25) is 21.8 Å². The second-order valence-corrected chi connectivity index (χ2v) is 11.5. The van der Waals surface area contributed by atoms with Crippen LogP contribution in [0.1, 0.15) is 23.6 Å². The predicted octanol–water partition coefficient (Wildman–Crippen LogP) is 4.71. The summed E-state index contributed by atoms with van der Waals surface area (Å²) >= 11 is 12.9. The molecule has 7 nitrogen and oxygen atoms in total. The number of benzene rings is 3. The molecule has 0 aliphatic rings. The molecule has 1 atom stereocenters. The number of aryl methyl sites for hydroxylation is 1. The quantitative estimate of drug-likeness (QED) is 0.359. The largest absolute Gasteiger partial charge is 0.357 e. The molecule has 0 unspecified atom stereocenters. The lowest BCUT2D eigenvalue weighted by Gasteiger charge is -2.34. The van der Waals surface area contributed by atoms with Crippen LogP contribution < -0.4 is 9.62 Å². The summed E-state index contributed by atoms with van der Waals surface area (Å²) in [6.07, 6.45) is 1.84. The average molecular weight is 577 g/mol. The van der Waals surface area contributed by atoms with Crippen LogP contribution in [0.2, 0.25) is 10.0 Å². The molecule has 0 heterocycles. The van der Waals surface area contributed by atoms with Crippen molar-refractivity contribution in [3.05, 3.63) is 99.5 Å². The molecule has 0 aliphatic carbocycles. The van der Waals surface area contributed by atoms with Crippen molar-refractivity contribution in [3.8, 4) is 0 Å². The second kappa shape index (κ2) is 13.1. The van der Waals surface area contributed by atoms with Crippen molar-refractivity contribution in [2.45, 2.75) is 32.4 Å². The summed E-state index contributed by atoms with van der Waals surface area (Å²) in [4.78, 5) is 28.5. The van der Waals surface area contributed by atoms with Gasteiger partial charge < -0.3 is 10.2 Å². The van der Waals surface area contributed by atoms with Crippen molar-refractivity contribution >= 4 is 50.7 Å². The number of nitrogens with zero attached hydrogens (tertiary/aromatic N) is 2. The SMILES string of the molecule is CCc1ccccc1N(CC(=O)N(Cc1c(Cl)cccc1Cl)[C@@H](Cc1ccccc1)C(=O)NC)S(C)(=O)=O. The maximum absolute atomic E-state index is 14.0. The molecule has 0 aliphatic heterocycles. The van der Waals surface area contributed by atoms with Gasteiger partial charge in [-0.1, -0.05) is 84.7 Å². The topological polar surface area (TPSA) is 86.8 Å². The van der Waals surface area contributed by atoms with Gasteiger partial charge in [-0.2, -0.15) is 0 Å². The van der Waals surface area contributed by atoms with Crippen molar-refractivity contribution in [3.63, 3.8) is 0 Å². The molecule has 3 aromatic rings. The lowest BCUT2D eigenvalue weighted by molar-refractivity contribution is -0.139. The first kappa shape index (κ1) is 29.5. The van der Waals surface area contributed by atoms with Crippen molar-refractivity contribution < 1.29 is 18.0 Å². The third-order valence-electron chi connectivity index (χ3n) is 6.23. The van der Waals surface area contributed by atoms with Crippen LogP contribution >= 0.6 is 23.2 Å². The van der Waals surface area contributed by atoms with Crippen LogP contribution in [0.3, 0.4) is 0 Å². The number of nitrogens with one attached hydrogen (secondary N) is 1. The van der Waals surface area contributed by atoms with E-state index < -0.39 is 34.4 Å². The van der Waals surface area contributed by atoms with Gasteiger partial charge in [0.05, 0.1) is 11.9 Å². The number of sulfonamides is 1. The number of hydrogen-bond acceptors (Lipinski definition) is 4. The van der Waals surface area contributed by atoms with E-state index in [1.165, 1.54) is 11.9 Å². The molecule has 3 aromatic carbocycles. The van der Waals surface area contributed by atoms with Gasteiger partial charge in [-0.05, 0) is 35.7 Å². The van der Waals surface area contributed by atoms with Crippen LogP contribution in [-0.2, 0) is 39.0 Å². The van der Waals surface area contributed by atoms with Gasteiger partial charge in [0.15, 0.2) is 0 Å². The Kier molecular flexibility index (Phi) is 10.2. The highest BCUT2D eigenvalue weighted by molar-refractivity contribution is 7.92. The van der Waals surface area contributed by atoms with Crippen LogP contribution in [0, 0.1) is 0 Å². The Hall–Kier alpha value is -3.07. The number of halogens is 2. The summed E-state index contributed by atoms with van der Waals surface area (Å²) in [7, 11) is -2.35. The molecule has 0 saturated carbocycles. The van der Waals surface area contributed by atoms with E-state index in [2.05, 4.69) is 5.32 Å². The van der Waals surface area contributed by atoms with Gasteiger partial charge in [-0.3, -0.25) is 13.9 Å². The normalized spacial score (nSPS) is 12.0. The van der Waals surface area contributed by atoms with Crippen molar-refractivity contribution in [1.82, 2.24) is 10.2 Å². The minimum atomic E-state index is -3.85. The lowest BCUT2D eigenvalue weighted by Crippen LogP contribution is -2.53. The van der Waals surface area contributed by atoms with E-state index in [0.717, 1.165) is 21.7 Å². The standard InChI is InChI=1S/C28H31Cl2N3O4S/c1-4-21-13-8-9-16-25(21)33(38(3,36)37)19-27(34)32(18-22-23(29)14-10-15-24(22)30)26(28(35)31-2)17-20-11-6-5-7-12-20/h5-16,26H,4,17-19H2,1-3H3,(H,31,35)/t26-/m0/s1. The number of likely N-dealkylation sites (N-methyl/N-ethyl adjacent to an activating group) is 1. The Labute approximate surface area is 234 Å². The van der Waals surface area contributed by atoms with Gasteiger partial charge >= 0.3 is 0 Å². The maximum atomic E-state index is 14.0. The third-order valence-corrected chi connectivity index (χ3v) is 8.06. The van der Waals surface area contributed by atoms with E-state index in [9.17, 15) is 18.0 Å². The molecule has 38 heavy (non-hydrogen) atoms. The summed E-state index contributed by atoms with van der Waals surface area (Å²) in [5.41, 5.74) is 2.49. The fourth-order valence-corrected chi connectivity index (χ4v) is 5.62. The number of carbonyl (C=O) groups excluding carboxylic acids is 2. The molecule has 1 N–H and O–H groups in total. The minimum Gasteiger partial charge on any atom is -0.357 e. The minimum absolute atomic E-state index is 0.0880. The van der Waals surface area contributed by atoms with Gasteiger partial charge in [0.25, 0.3) is 0 Å². The molecule has 0 spiro atoms. The van der Waals surface area contributed by atoms with E-state index in [-0.39, 0.29) is 13.0 Å². The molecule has 0 radical (unpaired) electrons. The molecular weight excluding hydrogens is 545 g/mol. The highest BCUT2D eigenvalue weighted by atomic mass is 35.5. The summed E-state index contributed by atoms with van der Waals surface area (Å²) in [6, 6.07) is 20.3. The van der Waals surface area contributed by atoms with E-state index >= 15 is 0 Å². The fourth-order valence-electron chi connectivity index (χ4n) is 4.22. The van der Waals surface area contributed by atoms with Crippen molar-refractivity contribution in [2.24, 2.45) is 0 Å². The van der Waals surface area contributed by atoms with E-state index in [1.807, 2.05) is 49.4 Å². The van der Waals surface area contributed by atoms with Gasteiger partial charge in [-0.15, -0.1) is 0 Å². The van der Waals surface area contributed by atoms with Gasteiger partial charge in [0.1, 0.15) is 12.6 Å². The van der Waals surface area contributed by atoms with E-state index in [4.69, 9.17) is 23.2 Å². The molecule has 0 saturated heterocycles. The second-order valence-electron chi connectivity index (χ2n) is 8.79. The monoisotopic (exact) mass is 575 g/mol. The van der Waals surface area contributed by atoms with Crippen molar-refractivity contribution in [1.29, 1.82) is 0 Å². The number of carbonyl (C=O) groups is 2. The Morgan fingerprint density at radius 1 is 0.921 bits per heavy atom. The zero-order valence-electron chi connectivity index (χ0n) is 21.5. The molecule has 10 heteroatoms. The lowest BCUT2D eigenvalue weighted by atomic mass is 10.0. The summed E-state index contributed by atoms with van der Waals surface area (Å²) < 4.78 is 26.9.